The fourth-order valence-electron chi connectivity index (χ4n) is 2.53. The molecule has 0 bridgehead atoms. The first-order valence-corrected chi connectivity index (χ1v) is 7.53. The molecule has 104 valence electrons. The summed E-state index contributed by atoms with van der Waals surface area (Å²) in [6.07, 6.45) is 2.41. The van der Waals surface area contributed by atoms with Gasteiger partial charge >= 0.3 is 0 Å². The Morgan fingerprint density at radius 2 is 2.05 bits per heavy atom. The van der Waals surface area contributed by atoms with Crippen molar-refractivity contribution in [2.24, 2.45) is 0 Å². The van der Waals surface area contributed by atoms with Gasteiger partial charge < -0.3 is 4.90 Å². The molecule has 1 aromatic rings. The van der Waals surface area contributed by atoms with Gasteiger partial charge in [0, 0.05) is 22.6 Å². The molecule has 1 heterocycles. The number of halogens is 1. The number of benzene rings is 1. The maximum atomic E-state index is 12.2. The van der Waals surface area contributed by atoms with Crippen LogP contribution >= 0.6 is 15.9 Å². The number of rotatable bonds is 4. The molecule has 0 N–H and O–H groups in total. The van der Waals surface area contributed by atoms with E-state index in [1.165, 1.54) is 12.8 Å². The molecular weight excluding hydrogens is 304 g/mol. The van der Waals surface area contributed by atoms with Crippen LogP contribution < -0.4 is 0 Å². The molecule has 0 aliphatic carbocycles. The maximum Gasteiger partial charge on any atom is 0.176 e. The maximum absolute atomic E-state index is 12.2. The molecule has 1 unspecified atom stereocenters. The minimum absolute atomic E-state index is 0.215. The van der Waals surface area contributed by atoms with E-state index < -0.39 is 0 Å². The normalized spacial score (nSPS) is 20.7. The molecule has 4 heteroatoms. The average molecular weight is 325 g/mol. The summed E-state index contributed by atoms with van der Waals surface area (Å²) in [5.41, 5.74) is 0.801. The quantitative estimate of drug-likeness (QED) is 0.795. The van der Waals surface area contributed by atoms with Crippen molar-refractivity contribution in [2.45, 2.75) is 18.9 Å². The molecule has 1 aromatic carbocycles. The predicted molar refractivity (Wildman–Crippen MR) is 81.6 cm³/mol. The van der Waals surface area contributed by atoms with Gasteiger partial charge in [-0.05, 0) is 45.6 Å². The lowest BCUT2D eigenvalue weighted by Gasteiger charge is -2.35. The molecule has 1 aliphatic heterocycles. The highest BCUT2D eigenvalue weighted by Gasteiger charge is 2.23. The largest absolute Gasteiger partial charge is 0.305 e. The molecule has 3 nitrogen and oxygen atoms in total. The third-order valence-corrected chi connectivity index (χ3v) is 4.27. The predicted octanol–water partition coefficient (Wildman–Crippen LogP) is 2.66. The van der Waals surface area contributed by atoms with Crippen LogP contribution in [-0.2, 0) is 0 Å². The Labute approximate surface area is 123 Å². The average Bonchev–Trinajstić information content (AvgIpc) is 2.39. The minimum atomic E-state index is 0.215. The lowest BCUT2D eigenvalue weighted by molar-refractivity contribution is 0.0852. The number of ketones is 1. The van der Waals surface area contributed by atoms with Crippen LogP contribution in [0.4, 0.5) is 0 Å². The summed E-state index contributed by atoms with van der Waals surface area (Å²) < 4.78 is 1.01. The molecule has 1 atom stereocenters. The van der Waals surface area contributed by atoms with Gasteiger partial charge in [-0.15, -0.1) is 0 Å². The Bertz CT molecular complexity index is 430. The van der Waals surface area contributed by atoms with Gasteiger partial charge in [-0.2, -0.15) is 0 Å². The standard InChI is InChI=1S/C15H21BrN2O/c1-17(2)14-4-3-9-18(10-14)11-15(19)12-5-7-13(16)8-6-12/h5-8,14H,3-4,9-11H2,1-2H3. The van der Waals surface area contributed by atoms with E-state index in [1.54, 1.807) is 0 Å². The highest BCUT2D eigenvalue weighted by atomic mass is 79.9. The third kappa shape index (κ3) is 4.13. The van der Waals surface area contributed by atoms with Crippen molar-refractivity contribution >= 4 is 21.7 Å². The van der Waals surface area contributed by atoms with Crippen LogP contribution in [0.15, 0.2) is 28.7 Å². The lowest BCUT2D eigenvalue weighted by Crippen LogP contribution is -2.46. The lowest BCUT2D eigenvalue weighted by atomic mass is 10.0. The van der Waals surface area contributed by atoms with Crippen LogP contribution in [0.25, 0.3) is 0 Å². The van der Waals surface area contributed by atoms with Crippen molar-refractivity contribution in [1.29, 1.82) is 0 Å². The summed E-state index contributed by atoms with van der Waals surface area (Å²) in [5.74, 6) is 0.215. The van der Waals surface area contributed by atoms with Crippen LogP contribution in [0.3, 0.4) is 0 Å². The van der Waals surface area contributed by atoms with E-state index >= 15 is 0 Å². The zero-order valence-corrected chi connectivity index (χ0v) is 13.2. The molecule has 0 radical (unpaired) electrons. The Hall–Kier alpha value is -0.710. The molecule has 0 aromatic heterocycles. The Balaban J connectivity index is 1.93. The van der Waals surface area contributed by atoms with Crippen molar-refractivity contribution in [1.82, 2.24) is 9.80 Å². The number of hydrogen-bond donors (Lipinski definition) is 0. The van der Waals surface area contributed by atoms with Gasteiger partial charge in [0.2, 0.25) is 0 Å². The van der Waals surface area contributed by atoms with Crippen molar-refractivity contribution in [3.8, 4) is 0 Å². The smallest absolute Gasteiger partial charge is 0.176 e. The summed E-state index contributed by atoms with van der Waals surface area (Å²) in [6, 6.07) is 8.20. The second-order valence-electron chi connectivity index (χ2n) is 5.42. The van der Waals surface area contributed by atoms with Crippen LogP contribution in [0, 0.1) is 0 Å². The monoisotopic (exact) mass is 324 g/mol. The number of piperidine rings is 1. The number of carbonyl (C=O) groups is 1. The van der Waals surface area contributed by atoms with E-state index in [0.29, 0.717) is 12.6 Å². The van der Waals surface area contributed by atoms with E-state index in [4.69, 9.17) is 0 Å². The van der Waals surface area contributed by atoms with Crippen LogP contribution in [-0.4, -0.2) is 55.4 Å². The molecule has 0 saturated carbocycles. The van der Waals surface area contributed by atoms with Gasteiger partial charge in [-0.3, -0.25) is 9.69 Å². The van der Waals surface area contributed by atoms with E-state index in [1.807, 2.05) is 24.3 Å². The van der Waals surface area contributed by atoms with Crippen molar-refractivity contribution < 1.29 is 4.79 Å². The summed E-state index contributed by atoms with van der Waals surface area (Å²) >= 11 is 3.39. The van der Waals surface area contributed by atoms with Crippen LogP contribution in [0.2, 0.25) is 0 Å². The number of likely N-dealkylation sites (N-methyl/N-ethyl adjacent to an activating group) is 1. The van der Waals surface area contributed by atoms with Gasteiger partial charge in [0.05, 0.1) is 6.54 Å². The van der Waals surface area contributed by atoms with Gasteiger partial charge in [-0.1, -0.05) is 28.1 Å². The fraction of sp³-hybridized carbons (Fsp3) is 0.533. The third-order valence-electron chi connectivity index (χ3n) is 3.74. The molecule has 1 saturated heterocycles. The molecule has 0 spiro atoms. The number of nitrogens with zero attached hydrogens (tertiary/aromatic N) is 2. The first-order chi connectivity index (χ1) is 9.06. The fourth-order valence-corrected chi connectivity index (χ4v) is 2.79. The summed E-state index contributed by atoms with van der Waals surface area (Å²) in [4.78, 5) is 16.8. The number of Topliss-reactive ketones (excluding diaryl/α,β-unsaturated/α-hetero) is 1. The second kappa shape index (κ2) is 6.64. The van der Waals surface area contributed by atoms with Gasteiger partial charge in [-0.25, -0.2) is 0 Å². The SMILES string of the molecule is CN(C)C1CCCN(CC(=O)c2ccc(Br)cc2)C1. The molecule has 19 heavy (non-hydrogen) atoms. The highest BCUT2D eigenvalue weighted by molar-refractivity contribution is 9.10. The molecule has 1 aliphatic rings. The van der Waals surface area contributed by atoms with Crippen molar-refractivity contribution in [2.75, 3.05) is 33.7 Å². The minimum Gasteiger partial charge on any atom is -0.305 e. The zero-order valence-electron chi connectivity index (χ0n) is 11.6. The van der Waals surface area contributed by atoms with Gasteiger partial charge in [0.15, 0.2) is 5.78 Å². The van der Waals surface area contributed by atoms with Crippen molar-refractivity contribution in [3.05, 3.63) is 34.3 Å². The van der Waals surface area contributed by atoms with Crippen LogP contribution in [0.5, 0.6) is 0 Å². The second-order valence-corrected chi connectivity index (χ2v) is 6.34. The first kappa shape index (κ1) is 14.7. The Morgan fingerprint density at radius 1 is 1.37 bits per heavy atom. The summed E-state index contributed by atoms with van der Waals surface area (Å²) in [7, 11) is 4.23. The number of hydrogen-bond acceptors (Lipinski definition) is 3. The summed E-state index contributed by atoms with van der Waals surface area (Å²) in [5, 5.41) is 0. The molecular formula is C15H21BrN2O. The molecule has 1 fully saturated rings. The van der Waals surface area contributed by atoms with Gasteiger partial charge in [0.1, 0.15) is 0 Å². The summed E-state index contributed by atoms with van der Waals surface area (Å²) in [6.45, 7) is 2.56. The molecule has 0 amide bonds. The topological polar surface area (TPSA) is 23.6 Å². The molecule has 2 rings (SSSR count). The van der Waals surface area contributed by atoms with E-state index in [-0.39, 0.29) is 5.78 Å². The van der Waals surface area contributed by atoms with Gasteiger partial charge in [0.25, 0.3) is 0 Å². The van der Waals surface area contributed by atoms with E-state index in [9.17, 15) is 4.79 Å². The number of likely N-dealkylation sites (tertiary alicyclic amines) is 1. The zero-order chi connectivity index (χ0) is 13.8. The first-order valence-electron chi connectivity index (χ1n) is 6.74. The number of carbonyl (C=O) groups excluding carboxylic acids is 1. The van der Waals surface area contributed by atoms with Crippen molar-refractivity contribution in [3.63, 3.8) is 0 Å². The highest BCUT2D eigenvalue weighted by Crippen LogP contribution is 2.15. The Morgan fingerprint density at radius 3 is 2.68 bits per heavy atom. The Kier molecular flexibility index (Phi) is 5.13. The van der Waals surface area contributed by atoms with E-state index in [0.717, 1.165) is 23.1 Å². The van der Waals surface area contributed by atoms with E-state index in [2.05, 4.69) is 39.8 Å². The van der Waals surface area contributed by atoms with Crippen LogP contribution in [0.1, 0.15) is 23.2 Å².